The lowest BCUT2D eigenvalue weighted by Gasteiger charge is -2.55. The molecule has 112 valence electrons. The Balaban J connectivity index is 1.51. The zero-order valence-electron chi connectivity index (χ0n) is 12.5. The minimum atomic E-state index is -0.0765. The summed E-state index contributed by atoms with van der Waals surface area (Å²) in [7, 11) is 0. The monoisotopic (exact) mass is 302 g/mol. The van der Waals surface area contributed by atoms with Gasteiger partial charge in [0.2, 0.25) is 5.91 Å². The summed E-state index contributed by atoms with van der Waals surface area (Å²) in [6.07, 6.45) is 11.2. The zero-order chi connectivity index (χ0) is 14.4. The number of thioether (sulfide) groups is 1. The topological polar surface area (TPSA) is 42.0 Å². The lowest BCUT2D eigenvalue weighted by Crippen LogP contribution is -2.51. The molecule has 0 atom stereocenters. The van der Waals surface area contributed by atoms with Crippen LogP contribution in [0.3, 0.4) is 0 Å². The number of carbonyl (C=O) groups is 1. The van der Waals surface area contributed by atoms with Gasteiger partial charge in [0.1, 0.15) is 0 Å². The van der Waals surface area contributed by atoms with Gasteiger partial charge in [-0.3, -0.25) is 4.79 Å². The molecule has 4 saturated carbocycles. The van der Waals surface area contributed by atoms with Crippen LogP contribution in [-0.4, -0.2) is 17.1 Å². The van der Waals surface area contributed by atoms with Gasteiger partial charge >= 0.3 is 0 Å². The Labute approximate surface area is 130 Å². The van der Waals surface area contributed by atoms with E-state index in [0.717, 1.165) is 47.7 Å². The molecule has 4 heteroatoms. The van der Waals surface area contributed by atoms with Gasteiger partial charge in [-0.15, -0.1) is 11.8 Å². The largest absolute Gasteiger partial charge is 0.324 e. The number of aromatic nitrogens is 1. The third-order valence-corrected chi connectivity index (χ3v) is 6.38. The van der Waals surface area contributed by atoms with E-state index >= 15 is 0 Å². The first-order valence-electron chi connectivity index (χ1n) is 7.98. The highest BCUT2D eigenvalue weighted by Crippen LogP contribution is 2.60. The van der Waals surface area contributed by atoms with Gasteiger partial charge < -0.3 is 5.32 Å². The van der Waals surface area contributed by atoms with Crippen molar-refractivity contribution in [1.82, 2.24) is 4.98 Å². The van der Waals surface area contributed by atoms with E-state index in [-0.39, 0.29) is 11.3 Å². The molecule has 1 heterocycles. The summed E-state index contributed by atoms with van der Waals surface area (Å²) in [5.41, 5.74) is 0.765. The highest BCUT2D eigenvalue weighted by Gasteiger charge is 2.54. The summed E-state index contributed by atoms with van der Waals surface area (Å²) < 4.78 is 0. The second-order valence-electron chi connectivity index (χ2n) is 7.24. The Morgan fingerprint density at radius 1 is 1.19 bits per heavy atom. The molecule has 0 spiro atoms. The van der Waals surface area contributed by atoms with Crippen molar-refractivity contribution in [2.75, 3.05) is 11.6 Å². The Hall–Kier alpha value is -1.03. The fourth-order valence-electron chi connectivity index (χ4n) is 5.23. The molecule has 21 heavy (non-hydrogen) atoms. The van der Waals surface area contributed by atoms with Crippen molar-refractivity contribution in [3.63, 3.8) is 0 Å². The summed E-state index contributed by atoms with van der Waals surface area (Å²) in [4.78, 5) is 17.2. The van der Waals surface area contributed by atoms with Crippen molar-refractivity contribution in [3.05, 3.63) is 18.3 Å². The van der Waals surface area contributed by atoms with E-state index in [1.807, 2.05) is 18.4 Å². The first-order chi connectivity index (χ1) is 10.2. The molecular weight excluding hydrogens is 280 g/mol. The molecule has 0 saturated heterocycles. The average Bonchev–Trinajstić information content (AvgIpc) is 2.46. The maximum absolute atomic E-state index is 12.9. The van der Waals surface area contributed by atoms with Crippen LogP contribution in [0.5, 0.6) is 0 Å². The van der Waals surface area contributed by atoms with Crippen LogP contribution >= 0.6 is 11.8 Å². The van der Waals surface area contributed by atoms with E-state index in [4.69, 9.17) is 0 Å². The number of amides is 1. The van der Waals surface area contributed by atoms with Gasteiger partial charge in [0.15, 0.2) is 0 Å². The van der Waals surface area contributed by atoms with E-state index < -0.39 is 0 Å². The fraction of sp³-hybridized carbons (Fsp3) is 0.647. The second-order valence-corrected chi connectivity index (χ2v) is 8.07. The summed E-state index contributed by atoms with van der Waals surface area (Å²) in [5, 5.41) is 4.13. The standard InChI is InChI=1S/C17H22N2OS/c1-21-15-3-2-14(10-18-15)19-16(20)17-7-11-4-12(8-17)6-13(5-11)9-17/h2-3,10-13H,4-9H2,1H3,(H,19,20). The van der Waals surface area contributed by atoms with E-state index in [9.17, 15) is 4.79 Å². The predicted molar refractivity (Wildman–Crippen MR) is 85.3 cm³/mol. The molecule has 4 aliphatic carbocycles. The molecular formula is C17H22N2OS. The van der Waals surface area contributed by atoms with Crippen molar-refractivity contribution in [2.45, 2.75) is 43.6 Å². The lowest BCUT2D eigenvalue weighted by molar-refractivity contribution is -0.140. The van der Waals surface area contributed by atoms with Crippen LogP contribution in [0.1, 0.15) is 38.5 Å². The molecule has 0 aliphatic heterocycles. The van der Waals surface area contributed by atoms with Crippen LogP contribution in [0.25, 0.3) is 0 Å². The normalized spacial score (nSPS) is 36.7. The molecule has 1 aromatic heterocycles. The minimum Gasteiger partial charge on any atom is -0.324 e. The zero-order valence-corrected chi connectivity index (χ0v) is 13.3. The molecule has 1 aromatic rings. The maximum atomic E-state index is 12.9. The number of anilines is 1. The molecule has 5 rings (SSSR count). The molecule has 4 fully saturated rings. The molecule has 4 aliphatic rings. The smallest absolute Gasteiger partial charge is 0.230 e. The van der Waals surface area contributed by atoms with Gasteiger partial charge in [0, 0.05) is 0 Å². The van der Waals surface area contributed by atoms with Gasteiger partial charge in [-0.05, 0) is 74.7 Å². The molecule has 3 nitrogen and oxygen atoms in total. The van der Waals surface area contributed by atoms with E-state index in [1.54, 1.807) is 18.0 Å². The third-order valence-electron chi connectivity index (χ3n) is 5.72. The number of hydrogen-bond acceptors (Lipinski definition) is 3. The summed E-state index contributed by atoms with van der Waals surface area (Å²) in [6, 6.07) is 3.94. The molecule has 1 amide bonds. The molecule has 4 bridgehead atoms. The Bertz CT molecular complexity index is 519. The van der Waals surface area contributed by atoms with Crippen LogP contribution < -0.4 is 5.32 Å². The fourth-order valence-corrected chi connectivity index (χ4v) is 5.59. The molecule has 0 radical (unpaired) electrons. The Kier molecular flexibility index (Phi) is 3.25. The van der Waals surface area contributed by atoms with Crippen molar-refractivity contribution in [3.8, 4) is 0 Å². The van der Waals surface area contributed by atoms with Crippen molar-refractivity contribution >= 4 is 23.4 Å². The number of carbonyl (C=O) groups excluding carboxylic acids is 1. The van der Waals surface area contributed by atoms with Gasteiger partial charge in [-0.2, -0.15) is 0 Å². The number of nitrogens with one attached hydrogen (secondary N) is 1. The first kappa shape index (κ1) is 13.6. The SMILES string of the molecule is CSc1ccc(NC(=O)C23CC4CC(CC(C4)C2)C3)cn1. The lowest BCUT2D eigenvalue weighted by atomic mass is 9.49. The van der Waals surface area contributed by atoms with Crippen LogP contribution in [0.4, 0.5) is 5.69 Å². The van der Waals surface area contributed by atoms with Gasteiger partial charge in [-0.1, -0.05) is 0 Å². The highest BCUT2D eigenvalue weighted by atomic mass is 32.2. The van der Waals surface area contributed by atoms with Crippen LogP contribution in [0, 0.1) is 23.2 Å². The van der Waals surface area contributed by atoms with E-state index in [0.29, 0.717) is 0 Å². The van der Waals surface area contributed by atoms with Gasteiger partial charge in [0.05, 0.1) is 22.3 Å². The summed E-state index contributed by atoms with van der Waals surface area (Å²) in [5.74, 6) is 2.66. The van der Waals surface area contributed by atoms with Gasteiger partial charge in [-0.25, -0.2) is 4.98 Å². The van der Waals surface area contributed by atoms with Crippen molar-refractivity contribution in [1.29, 1.82) is 0 Å². The number of nitrogens with zero attached hydrogens (tertiary/aromatic N) is 1. The third kappa shape index (κ3) is 2.37. The first-order valence-corrected chi connectivity index (χ1v) is 9.21. The van der Waals surface area contributed by atoms with Crippen LogP contribution in [0.15, 0.2) is 23.4 Å². The second kappa shape index (κ2) is 5.01. The van der Waals surface area contributed by atoms with Crippen molar-refractivity contribution < 1.29 is 4.79 Å². The number of rotatable bonds is 3. The average molecular weight is 302 g/mol. The quantitative estimate of drug-likeness (QED) is 0.859. The molecule has 0 aromatic carbocycles. The molecule has 0 unspecified atom stereocenters. The highest BCUT2D eigenvalue weighted by molar-refractivity contribution is 7.98. The maximum Gasteiger partial charge on any atom is 0.230 e. The van der Waals surface area contributed by atoms with E-state index in [2.05, 4.69) is 10.3 Å². The summed E-state index contributed by atoms with van der Waals surface area (Å²) >= 11 is 1.62. The van der Waals surface area contributed by atoms with Crippen LogP contribution in [-0.2, 0) is 4.79 Å². The van der Waals surface area contributed by atoms with E-state index in [1.165, 1.54) is 19.3 Å². The number of hydrogen-bond donors (Lipinski definition) is 1. The minimum absolute atomic E-state index is 0.0765. The van der Waals surface area contributed by atoms with Crippen LogP contribution in [0.2, 0.25) is 0 Å². The Morgan fingerprint density at radius 3 is 2.29 bits per heavy atom. The van der Waals surface area contributed by atoms with Gasteiger partial charge in [0.25, 0.3) is 0 Å². The van der Waals surface area contributed by atoms with Crippen molar-refractivity contribution in [2.24, 2.45) is 23.2 Å². The number of pyridine rings is 1. The Morgan fingerprint density at radius 2 is 1.81 bits per heavy atom. The summed E-state index contributed by atoms with van der Waals surface area (Å²) in [6.45, 7) is 0. The molecule has 1 N–H and O–H groups in total. The predicted octanol–water partition coefficient (Wildman–Crippen LogP) is 3.96.